The van der Waals surface area contributed by atoms with E-state index < -0.39 is 0 Å². The summed E-state index contributed by atoms with van der Waals surface area (Å²) in [6, 6.07) is 15.1. The third-order valence-electron chi connectivity index (χ3n) is 4.73. The largest absolute Gasteiger partial charge is 0.467 e. The maximum absolute atomic E-state index is 13.1. The number of aromatic nitrogens is 3. The number of nitrogens with zero attached hydrogens (tertiary/aromatic N) is 3. The second-order valence-electron chi connectivity index (χ2n) is 7.05. The Morgan fingerprint density at radius 3 is 2.61 bits per heavy atom. The van der Waals surface area contributed by atoms with Crippen molar-refractivity contribution in [1.82, 2.24) is 20.1 Å². The van der Waals surface area contributed by atoms with Crippen molar-refractivity contribution in [3.63, 3.8) is 0 Å². The lowest BCUT2D eigenvalue weighted by molar-refractivity contribution is 0.0938. The van der Waals surface area contributed by atoms with Crippen molar-refractivity contribution in [2.75, 3.05) is 0 Å². The molecule has 1 amide bonds. The highest BCUT2D eigenvalue weighted by Gasteiger charge is 2.22. The molecule has 0 radical (unpaired) electrons. The fourth-order valence-electron chi connectivity index (χ4n) is 3.30. The first-order valence-electron chi connectivity index (χ1n) is 9.28. The minimum atomic E-state index is -0.378. The predicted octanol–water partition coefficient (Wildman–Crippen LogP) is 4.43. The van der Waals surface area contributed by atoms with Crippen LogP contribution in [0, 0.1) is 6.92 Å². The van der Waals surface area contributed by atoms with Gasteiger partial charge in [-0.3, -0.25) is 4.79 Å². The van der Waals surface area contributed by atoms with E-state index in [1.54, 1.807) is 12.5 Å². The molecule has 1 aromatic carbocycles. The molecule has 4 aromatic rings. The van der Waals surface area contributed by atoms with Crippen LogP contribution in [0.15, 0.2) is 65.4 Å². The van der Waals surface area contributed by atoms with Crippen LogP contribution in [0.4, 0.5) is 0 Å². The second-order valence-corrected chi connectivity index (χ2v) is 7.05. The topological polar surface area (TPSA) is 73.0 Å². The number of aryl methyl sites for hydroxylation is 1. The van der Waals surface area contributed by atoms with Gasteiger partial charge in [-0.05, 0) is 44.5 Å². The van der Waals surface area contributed by atoms with E-state index in [-0.39, 0.29) is 18.0 Å². The number of amides is 1. The van der Waals surface area contributed by atoms with Crippen molar-refractivity contribution in [3.05, 3.63) is 83.6 Å². The third-order valence-corrected chi connectivity index (χ3v) is 4.73. The van der Waals surface area contributed by atoms with Crippen LogP contribution in [0.1, 0.15) is 53.3 Å². The Morgan fingerprint density at radius 1 is 1.14 bits per heavy atom. The zero-order valence-corrected chi connectivity index (χ0v) is 16.1. The Labute approximate surface area is 163 Å². The van der Waals surface area contributed by atoms with Gasteiger partial charge in [0.2, 0.25) is 0 Å². The molecule has 3 heterocycles. The van der Waals surface area contributed by atoms with Gasteiger partial charge in [0.05, 0.1) is 23.7 Å². The second kappa shape index (κ2) is 7.31. The summed E-state index contributed by atoms with van der Waals surface area (Å²) in [5.41, 5.74) is 2.93. The summed E-state index contributed by atoms with van der Waals surface area (Å²) in [6.07, 6.45) is 3.36. The van der Waals surface area contributed by atoms with Crippen molar-refractivity contribution in [1.29, 1.82) is 0 Å². The number of pyridine rings is 1. The Hall–Kier alpha value is -3.41. The monoisotopic (exact) mass is 374 g/mol. The molecule has 28 heavy (non-hydrogen) atoms. The first kappa shape index (κ1) is 18.0. The number of fused-ring (bicyclic) bond motifs is 1. The van der Waals surface area contributed by atoms with Crippen LogP contribution >= 0.6 is 0 Å². The number of carbonyl (C=O) groups excluding carboxylic acids is 1. The minimum absolute atomic E-state index is 0.200. The van der Waals surface area contributed by atoms with E-state index >= 15 is 0 Å². The molecule has 0 bridgehead atoms. The van der Waals surface area contributed by atoms with Crippen LogP contribution < -0.4 is 5.32 Å². The van der Waals surface area contributed by atoms with Crippen molar-refractivity contribution in [2.45, 2.75) is 32.9 Å². The molecular weight excluding hydrogens is 352 g/mol. The molecular formula is C22H22N4O2. The predicted molar refractivity (Wildman–Crippen MR) is 107 cm³/mol. The molecule has 0 aliphatic heterocycles. The SMILES string of the molecule is Cc1nc2c(cnn2C(C)C)cc1C(=O)NC(c1ccccc1)c1ccco1. The van der Waals surface area contributed by atoms with Gasteiger partial charge in [0.1, 0.15) is 11.8 Å². The van der Waals surface area contributed by atoms with E-state index in [9.17, 15) is 4.79 Å². The fourth-order valence-corrected chi connectivity index (χ4v) is 3.30. The molecule has 4 rings (SSSR count). The van der Waals surface area contributed by atoms with Crippen LogP contribution in [-0.2, 0) is 0 Å². The van der Waals surface area contributed by atoms with Gasteiger partial charge in [-0.1, -0.05) is 30.3 Å². The minimum Gasteiger partial charge on any atom is -0.467 e. The number of furan rings is 1. The van der Waals surface area contributed by atoms with E-state index in [0.717, 1.165) is 16.6 Å². The summed E-state index contributed by atoms with van der Waals surface area (Å²) in [5, 5.41) is 8.33. The first-order valence-corrected chi connectivity index (χ1v) is 9.28. The van der Waals surface area contributed by atoms with Crippen LogP contribution in [0.3, 0.4) is 0 Å². The lowest BCUT2D eigenvalue weighted by Crippen LogP contribution is -2.29. The average Bonchev–Trinajstić information content (AvgIpc) is 3.35. The lowest BCUT2D eigenvalue weighted by Gasteiger charge is -2.18. The fraction of sp³-hybridized carbons (Fsp3) is 0.227. The van der Waals surface area contributed by atoms with Crippen LogP contribution in [0.5, 0.6) is 0 Å². The molecule has 0 saturated carbocycles. The highest BCUT2D eigenvalue weighted by atomic mass is 16.3. The molecule has 0 saturated heterocycles. The highest BCUT2D eigenvalue weighted by molar-refractivity contribution is 5.98. The third kappa shape index (κ3) is 3.29. The summed E-state index contributed by atoms with van der Waals surface area (Å²) in [7, 11) is 0. The van der Waals surface area contributed by atoms with Gasteiger partial charge in [0, 0.05) is 11.4 Å². The summed E-state index contributed by atoms with van der Waals surface area (Å²) in [4.78, 5) is 17.7. The Morgan fingerprint density at radius 2 is 1.93 bits per heavy atom. The van der Waals surface area contributed by atoms with E-state index in [1.165, 1.54) is 0 Å². The van der Waals surface area contributed by atoms with Crippen molar-refractivity contribution >= 4 is 16.9 Å². The molecule has 0 fully saturated rings. The van der Waals surface area contributed by atoms with E-state index in [1.807, 2.05) is 60.1 Å². The number of benzene rings is 1. The van der Waals surface area contributed by atoms with Crippen LogP contribution in [0.2, 0.25) is 0 Å². The van der Waals surface area contributed by atoms with Crippen LogP contribution in [0.25, 0.3) is 11.0 Å². The maximum Gasteiger partial charge on any atom is 0.254 e. The molecule has 1 atom stereocenters. The van der Waals surface area contributed by atoms with Gasteiger partial charge in [0.25, 0.3) is 5.91 Å². The van der Waals surface area contributed by atoms with Crippen molar-refractivity contribution in [3.8, 4) is 0 Å². The van der Waals surface area contributed by atoms with Gasteiger partial charge < -0.3 is 9.73 Å². The number of carbonyl (C=O) groups is 1. The smallest absolute Gasteiger partial charge is 0.254 e. The molecule has 1 unspecified atom stereocenters. The average molecular weight is 374 g/mol. The van der Waals surface area contributed by atoms with Gasteiger partial charge >= 0.3 is 0 Å². The Bertz CT molecular complexity index is 1100. The summed E-state index contributed by atoms with van der Waals surface area (Å²) in [5.74, 6) is 0.480. The van der Waals surface area contributed by atoms with Gasteiger partial charge in [0.15, 0.2) is 5.65 Å². The maximum atomic E-state index is 13.1. The molecule has 0 aliphatic rings. The Balaban J connectivity index is 1.69. The van der Waals surface area contributed by atoms with Gasteiger partial charge in [-0.25, -0.2) is 9.67 Å². The quantitative estimate of drug-likeness (QED) is 0.561. The molecule has 3 aromatic heterocycles. The highest BCUT2D eigenvalue weighted by Crippen LogP contribution is 2.24. The summed E-state index contributed by atoms with van der Waals surface area (Å²) < 4.78 is 7.43. The normalized spacial score (nSPS) is 12.4. The molecule has 0 aliphatic carbocycles. The van der Waals surface area contributed by atoms with E-state index in [0.29, 0.717) is 17.0 Å². The van der Waals surface area contributed by atoms with Gasteiger partial charge in [-0.15, -0.1) is 0 Å². The first-order chi connectivity index (χ1) is 13.5. The zero-order chi connectivity index (χ0) is 19.7. The number of nitrogens with one attached hydrogen (secondary N) is 1. The van der Waals surface area contributed by atoms with Crippen molar-refractivity contribution in [2.24, 2.45) is 0 Å². The van der Waals surface area contributed by atoms with Gasteiger partial charge in [-0.2, -0.15) is 5.10 Å². The molecule has 0 spiro atoms. The molecule has 142 valence electrons. The van der Waals surface area contributed by atoms with Crippen LogP contribution in [-0.4, -0.2) is 20.7 Å². The lowest BCUT2D eigenvalue weighted by atomic mass is 10.0. The Kier molecular flexibility index (Phi) is 4.69. The standard InChI is InChI=1S/C22H22N4O2/c1-14(2)26-21-17(13-23-26)12-18(15(3)24-21)22(27)25-20(19-10-7-11-28-19)16-8-5-4-6-9-16/h4-14,20H,1-3H3,(H,25,27). The zero-order valence-electron chi connectivity index (χ0n) is 16.1. The number of hydrogen-bond acceptors (Lipinski definition) is 4. The number of hydrogen-bond donors (Lipinski definition) is 1. The summed E-state index contributed by atoms with van der Waals surface area (Å²) >= 11 is 0. The van der Waals surface area contributed by atoms with Crippen molar-refractivity contribution < 1.29 is 9.21 Å². The molecule has 6 nitrogen and oxygen atoms in total. The molecule has 1 N–H and O–H groups in total. The van der Waals surface area contributed by atoms with E-state index in [4.69, 9.17) is 4.42 Å². The molecule has 6 heteroatoms. The van der Waals surface area contributed by atoms with E-state index in [2.05, 4.69) is 29.2 Å². The number of rotatable bonds is 5. The summed E-state index contributed by atoms with van der Waals surface area (Å²) in [6.45, 7) is 5.95.